The van der Waals surface area contributed by atoms with Crippen molar-refractivity contribution in [1.82, 2.24) is 19.9 Å². The summed E-state index contributed by atoms with van der Waals surface area (Å²) in [6.07, 6.45) is -2.49. The van der Waals surface area contributed by atoms with Crippen molar-refractivity contribution in [2.24, 2.45) is 0 Å². The largest absolute Gasteiger partial charge is 0.447 e. The Bertz CT molecular complexity index is 1240. The highest BCUT2D eigenvalue weighted by Crippen LogP contribution is 2.32. The maximum atomic E-state index is 13.9. The molecule has 0 bridgehead atoms. The van der Waals surface area contributed by atoms with Crippen LogP contribution in [0, 0.1) is 6.92 Å². The molecule has 0 radical (unpaired) electrons. The van der Waals surface area contributed by atoms with Crippen molar-refractivity contribution in [2.45, 2.75) is 45.2 Å². The first-order chi connectivity index (χ1) is 16.5. The summed E-state index contributed by atoms with van der Waals surface area (Å²) in [4.78, 5) is 29.5. The first kappa shape index (κ1) is 24.3. The SMILES string of the molecule is Cc1cc([C@H](C)Nc2nccc(N3C(=O)OC[C@@H]3[C@@H](C)F)n2)ncc1-c1ccnc(C(F)(F)F)c1. The van der Waals surface area contributed by atoms with Gasteiger partial charge in [-0.05, 0) is 56.2 Å². The molecule has 4 rings (SSSR count). The fraction of sp³-hybridized carbons (Fsp3) is 0.348. The zero-order chi connectivity index (χ0) is 25.3. The van der Waals surface area contributed by atoms with E-state index in [1.807, 2.05) is 6.92 Å². The number of ether oxygens (including phenoxy) is 1. The molecule has 3 aromatic heterocycles. The fourth-order valence-electron chi connectivity index (χ4n) is 3.73. The lowest BCUT2D eigenvalue weighted by Gasteiger charge is -2.22. The van der Waals surface area contributed by atoms with Gasteiger partial charge in [0.05, 0.1) is 11.7 Å². The van der Waals surface area contributed by atoms with Crippen molar-refractivity contribution in [3.05, 3.63) is 59.8 Å². The molecule has 0 unspecified atom stereocenters. The standard InChI is InChI=1S/C23H22F4N6O2/c1-12-8-17(30-10-16(12)15-4-6-28-19(9-15)23(25,26)27)14(3)31-21-29-7-5-20(32-21)33-18(13(2)24)11-35-22(33)34/h4-10,13-14,18H,11H2,1-3H3,(H,29,31,32)/t13-,14+,18-/m1/s1. The molecule has 0 saturated carbocycles. The summed E-state index contributed by atoms with van der Waals surface area (Å²) < 4.78 is 58.0. The molecule has 0 spiro atoms. The lowest BCUT2D eigenvalue weighted by Crippen LogP contribution is -2.39. The summed E-state index contributed by atoms with van der Waals surface area (Å²) in [5, 5.41) is 3.08. The molecule has 184 valence electrons. The predicted molar refractivity (Wildman–Crippen MR) is 119 cm³/mol. The van der Waals surface area contributed by atoms with Crippen molar-refractivity contribution < 1.29 is 27.1 Å². The molecule has 1 amide bonds. The first-order valence-electron chi connectivity index (χ1n) is 10.7. The molecule has 3 aromatic rings. The summed E-state index contributed by atoms with van der Waals surface area (Å²) in [7, 11) is 0. The molecule has 1 N–H and O–H groups in total. The number of rotatable bonds is 6. The monoisotopic (exact) mass is 490 g/mol. The van der Waals surface area contributed by atoms with Crippen LogP contribution in [-0.2, 0) is 10.9 Å². The second-order valence-corrected chi connectivity index (χ2v) is 8.15. The molecule has 12 heteroatoms. The lowest BCUT2D eigenvalue weighted by molar-refractivity contribution is -0.141. The molecule has 1 aliphatic heterocycles. The maximum absolute atomic E-state index is 13.9. The van der Waals surface area contributed by atoms with E-state index in [9.17, 15) is 22.4 Å². The Morgan fingerprint density at radius 3 is 2.57 bits per heavy atom. The summed E-state index contributed by atoms with van der Waals surface area (Å²) in [5.74, 6) is 0.386. The van der Waals surface area contributed by atoms with Gasteiger partial charge in [0.1, 0.15) is 30.3 Å². The summed E-state index contributed by atoms with van der Waals surface area (Å²) in [6.45, 7) is 4.85. The summed E-state index contributed by atoms with van der Waals surface area (Å²) in [5.41, 5.74) is 1.25. The van der Waals surface area contributed by atoms with Gasteiger partial charge in [-0.1, -0.05) is 0 Å². The van der Waals surface area contributed by atoms with Crippen LogP contribution < -0.4 is 10.2 Å². The molecular weight excluding hydrogens is 468 g/mol. The highest BCUT2D eigenvalue weighted by atomic mass is 19.4. The number of halogens is 4. The van der Waals surface area contributed by atoms with E-state index in [0.717, 1.165) is 22.7 Å². The third-order valence-corrected chi connectivity index (χ3v) is 5.61. The first-order valence-corrected chi connectivity index (χ1v) is 10.7. The normalized spacial score (nSPS) is 17.7. The van der Waals surface area contributed by atoms with Crippen LogP contribution >= 0.6 is 0 Å². The van der Waals surface area contributed by atoms with Gasteiger partial charge in [0.15, 0.2) is 0 Å². The Morgan fingerprint density at radius 1 is 1.14 bits per heavy atom. The number of carbonyl (C=O) groups excluding carboxylic acids is 1. The van der Waals surface area contributed by atoms with Crippen LogP contribution in [-0.4, -0.2) is 44.8 Å². The van der Waals surface area contributed by atoms with Crippen LogP contribution in [0.2, 0.25) is 0 Å². The number of cyclic esters (lactones) is 1. The van der Waals surface area contributed by atoms with Gasteiger partial charge in [-0.25, -0.2) is 14.2 Å². The van der Waals surface area contributed by atoms with Crippen molar-refractivity contribution in [3.8, 4) is 11.1 Å². The molecule has 1 saturated heterocycles. The molecule has 1 aliphatic rings. The van der Waals surface area contributed by atoms with Crippen molar-refractivity contribution >= 4 is 17.9 Å². The number of nitrogens with zero attached hydrogens (tertiary/aromatic N) is 5. The number of anilines is 2. The number of hydrogen-bond donors (Lipinski definition) is 1. The van der Waals surface area contributed by atoms with Crippen molar-refractivity contribution in [2.75, 3.05) is 16.8 Å². The zero-order valence-corrected chi connectivity index (χ0v) is 19.0. The topological polar surface area (TPSA) is 93.1 Å². The van der Waals surface area contributed by atoms with Gasteiger partial charge in [0.25, 0.3) is 0 Å². The number of nitrogens with one attached hydrogen (secondary N) is 1. The molecule has 3 atom stereocenters. The number of alkyl halides is 4. The average Bonchev–Trinajstić information content (AvgIpc) is 3.20. The van der Waals surface area contributed by atoms with Gasteiger partial charge in [0.2, 0.25) is 5.95 Å². The van der Waals surface area contributed by atoms with E-state index in [1.54, 1.807) is 13.0 Å². The van der Waals surface area contributed by atoms with Gasteiger partial charge < -0.3 is 10.1 Å². The summed E-state index contributed by atoms with van der Waals surface area (Å²) in [6, 6.07) is 4.55. The quantitative estimate of drug-likeness (QED) is 0.480. The van der Waals surface area contributed by atoms with Crippen LogP contribution in [0.4, 0.5) is 34.1 Å². The highest BCUT2D eigenvalue weighted by molar-refractivity contribution is 5.89. The minimum Gasteiger partial charge on any atom is -0.447 e. The van der Waals surface area contributed by atoms with E-state index in [0.29, 0.717) is 16.8 Å². The van der Waals surface area contributed by atoms with E-state index in [2.05, 4.69) is 25.3 Å². The maximum Gasteiger partial charge on any atom is 0.433 e. The zero-order valence-electron chi connectivity index (χ0n) is 19.0. The second kappa shape index (κ2) is 9.43. The molecule has 8 nitrogen and oxygen atoms in total. The Kier molecular flexibility index (Phi) is 6.55. The molecule has 0 aromatic carbocycles. The van der Waals surface area contributed by atoms with E-state index >= 15 is 0 Å². The van der Waals surface area contributed by atoms with Gasteiger partial charge in [-0.15, -0.1) is 0 Å². The number of amides is 1. The third kappa shape index (κ3) is 5.15. The minimum atomic E-state index is -4.54. The molecule has 4 heterocycles. The number of carbonyl (C=O) groups is 1. The number of aromatic nitrogens is 4. The number of pyridine rings is 2. The predicted octanol–water partition coefficient (Wildman–Crippen LogP) is 5.12. The number of hydrogen-bond acceptors (Lipinski definition) is 7. The minimum absolute atomic E-state index is 0.0723. The summed E-state index contributed by atoms with van der Waals surface area (Å²) >= 11 is 0. The van der Waals surface area contributed by atoms with E-state index < -0.39 is 30.2 Å². The number of aryl methyl sites for hydroxylation is 1. The average molecular weight is 490 g/mol. The lowest BCUT2D eigenvalue weighted by atomic mass is 10.0. The van der Waals surface area contributed by atoms with Gasteiger partial charge >= 0.3 is 12.3 Å². The van der Waals surface area contributed by atoms with E-state index in [1.165, 1.54) is 31.5 Å². The van der Waals surface area contributed by atoms with Crippen LogP contribution in [0.1, 0.15) is 36.8 Å². The van der Waals surface area contributed by atoms with Gasteiger partial charge in [0, 0.05) is 24.2 Å². The van der Waals surface area contributed by atoms with Crippen molar-refractivity contribution in [3.63, 3.8) is 0 Å². The van der Waals surface area contributed by atoms with Crippen LogP contribution in [0.15, 0.2) is 42.9 Å². The Hall–Kier alpha value is -3.83. The van der Waals surface area contributed by atoms with Crippen LogP contribution in [0.3, 0.4) is 0 Å². The van der Waals surface area contributed by atoms with Crippen LogP contribution in [0.5, 0.6) is 0 Å². The van der Waals surface area contributed by atoms with Gasteiger partial charge in [-0.3, -0.25) is 14.9 Å². The second-order valence-electron chi connectivity index (χ2n) is 8.15. The van der Waals surface area contributed by atoms with E-state index in [-0.39, 0.29) is 24.4 Å². The van der Waals surface area contributed by atoms with Crippen LogP contribution in [0.25, 0.3) is 11.1 Å². The fourth-order valence-corrected chi connectivity index (χ4v) is 3.73. The highest BCUT2D eigenvalue weighted by Gasteiger charge is 2.39. The third-order valence-electron chi connectivity index (χ3n) is 5.61. The smallest absolute Gasteiger partial charge is 0.433 e. The van der Waals surface area contributed by atoms with Crippen molar-refractivity contribution in [1.29, 1.82) is 0 Å². The molecular formula is C23H22F4N6O2. The Morgan fingerprint density at radius 2 is 1.89 bits per heavy atom. The molecule has 35 heavy (non-hydrogen) atoms. The molecule has 0 aliphatic carbocycles. The van der Waals surface area contributed by atoms with Gasteiger partial charge in [-0.2, -0.15) is 18.2 Å². The van der Waals surface area contributed by atoms with E-state index in [4.69, 9.17) is 4.74 Å². The molecule has 1 fully saturated rings. The Balaban J connectivity index is 1.54. The Labute approximate surface area is 198 Å².